The summed E-state index contributed by atoms with van der Waals surface area (Å²) in [5.74, 6) is 0.989. The van der Waals surface area contributed by atoms with Gasteiger partial charge in [-0.05, 0) is 6.92 Å². The normalized spacial score (nSPS) is 20.7. The zero-order chi connectivity index (χ0) is 11.7. The summed E-state index contributed by atoms with van der Waals surface area (Å²) in [4.78, 5) is 21.2. The number of rotatable bonds is 1. The van der Waals surface area contributed by atoms with Crippen LogP contribution in [0.2, 0.25) is 0 Å². The summed E-state index contributed by atoms with van der Waals surface area (Å²) in [6.07, 6.45) is 0. The van der Waals surface area contributed by atoms with E-state index in [9.17, 15) is 4.79 Å². The van der Waals surface area contributed by atoms with E-state index in [1.807, 2.05) is 11.8 Å². The molecule has 2 heterocycles. The summed E-state index contributed by atoms with van der Waals surface area (Å²) in [7, 11) is 0. The molecule has 1 amide bonds. The van der Waals surface area contributed by atoms with E-state index in [4.69, 9.17) is 11.5 Å². The van der Waals surface area contributed by atoms with Crippen LogP contribution in [0.15, 0.2) is 6.07 Å². The largest absolute Gasteiger partial charge is 0.383 e. The number of carbonyl (C=O) groups is 1. The van der Waals surface area contributed by atoms with Crippen molar-refractivity contribution in [2.45, 2.75) is 13.0 Å². The lowest BCUT2D eigenvalue weighted by atomic mass is 10.2. The zero-order valence-corrected chi connectivity index (χ0v) is 8.97. The topological polar surface area (TPSA) is 110 Å². The Bertz CT molecular complexity index is 400. The smallest absolute Gasteiger partial charge is 0.242 e. The first kappa shape index (κ1) is 10.5. The highest BCUT2D eigenvalue weighted by molar-refractivity contribution is 5.85. The van der Waals surface area contributed by atoms with Gasteiger partial charge in [-0.25, -0.2) is 0 Å². The second-order valence-electron chi connectivity index (χ2n) is 3.67. The molecule has 0 radical (unpaired) electrons. The van der Waals surface area contributed by atoms with E-state index in [1.54, 1.807) is 6.07 Å². The van der Waals surface area contributed by atoms with Crippen molar-refractivity contribution in [3.63, 3.8) is 0 Å². The molecular formula is C9H14N6O. The van der Waals surface area contributed by atoms with Gasteiger partial charge in [0.15, 0.2) is 0 Å². The first-order valence-corrected chi connectivity index (χ1v) is 5.02. The van der Waals surface area contributed by atoms with E-state index in [0.717, 1.165) is 0 Å². The van der Waals surface area contributed by atoms with E-state index in [0.29, 0.717) is 24.7 Å². The number of nitrogen functional groups attached to an aromatic ring is 2. The molecule has 1 aliphatic heterocycles. The minimum absolute atomic E-state index is 0.0259. The Morgan fingerprint density at radius 3 is 2.94 bits per heavy atom. The van der Waals surface area contributed by atoms with Crippen molar-refractivity contribution in [2.75, 3.05) is 29.5 Å². The van der Waals surface area contributed by atoms with Crippen LogP contribution >= 0.6 is 0 Å². The first-order valence-electron chi connectivity index (χ1n) is 5.02. The van der Waals surface area contributed by atoms with Gasteiger partial charge in [0, 0.05) is 19.2 Å². The van der Waals surface area contributed by atoms with Crippen molar-refractivity contribution in [2.24, 2.45) is 0 Å². The van der Waals surface area contributed by atoms with Crippen LogP contribution in [-0.4, -0.2) is 35.0 Å². The molecule has 0 aliphatic carbocycles. The molecule has 0 spiro atoms. The fraction of sp³-hybridized carbons (Fsp3) is 0.444. The number of anilines is 3. The van der Waals surface area contributed by atoms with Gasteiger partial charge in [-0.1, -0.05) is 0 Å². The fourth-order valence-corrected chi connectivity index (χ4v) is 1.71. The van der Waals surface area contributed by atoms with E-state index in [-0.39, 0.29) is 17.9 Å². The highest BCUT2D eigenvalue weighted by Crippen LogP contribution is 2.18. The van der Waals surface area contributed by atoms with Crippen LogP contribution in [0.3, 0.4) is 0 Å². The van der Waals surface area contributed by atoms with Gasteiger partial charge in [0.25, 0.3) is 0 Å². The number of nitrogens with two attached hydrogens (primary N) is 2. The molecule has 0 bridgehead atoms. The monoisotopic (exact) mass is 222 g/mol. The Morgan fingerprint density at radius 2 is 2.25 bits per heavy atom. The maximum Gasteiger partial charge on any atom is 0.242 e. The molecular weight excluding hydrogens is 208 g/mol. The molecule has 1 aromatic rings. The summed E-state index contributed by atoms with van der Waals surface area (Å²) in [6.45, 7) is 3.08. The number of hydrogen-bond donors (Lipinski definition) is 3. The molecule has 86 valence electrons. The average molecular weight is 222 g/mol. The van der Waals surface area contributed by atoms with E-state index in [1.165, 1.54) is 0 Å². The molecule has 1 saturated heterocycles. The van der Waals surface area contributed by atoms with Gasteiger partial charge < -0.3 is 21.7 Å². The fourth-order valence-electron chi connectivity index (χ4n) is 1.71. The predicted octanol–water partition coefficient (Wildman–Crippen LogP) is -1.03. The standard InChI is InChI=1S/C9H14N6O/c1-5-8(16)12-2-3-15(5)7-4-6(10)13-9(11)14-7/h4-5H,2-3H2,1H3,(H,12,16)(H4,10,11,13,14). The summed E-state index contributed by atoms with van der Waals surface area (Å²) in [5.41, 5.74) is 11.1. The minimum Gasteiger partial charge on any atom is -0.383 e. The van der Waals surface area contributed by atoms with E-state index in [2.05, 4.69) is 15.3 Å². The van der Waals surface area contributed by atoms with E-state index < -0.39 is 0 Å². The van der Waals surface area contributed by atoms with Crippen LogP contribution in [-0.2, 0) is 4.79 Å². The van der Waals surface area contributed by atoms with Gasteiger partial charge in [0.1, 0.15) is 17.7 Å². The van der Waals surface area contributed by atoms with Gasteiger partial charge in [-0.3, -0.25) is 4.79 Å². The van der Waals surface area contributed by atoms with Gasteiger partial charge in [0.05, 0.1) is 0 Å². The molecule has 5 N–H and O–H groups in total. The number of amides is 1. The third-order valence-corrected chi connectivity index (χ3v) is 2.54. The van der Waals surface area contributed by atoms with Gasteiger partial charge in [0.2, 0.25) is 11.9 Å². The number of hydrogen-bond acceptors (Lipinski definition) is 6. The maximum atomic E-state index is 11.5. The molecule has 1 aromatic heterocycles. The second-order valence-corrected chi connectivity index (χ2v) is 3.67. The molecule has 1 atom stereocenters. The van der Waals surface area contributed by atoms with Crippen molar-refractivity contribution >= 4 is 23.5 Å². The van der Waals surface area contributed by atoms with Gasteiger partial charge >= 0.3 is 0 Å². The number of carbonyl (C=O) groups excluding carboxylic acids is 1. The molecule has 1 unspecified atom stereocenters. The SMILES string of the molecule is CC1C(=O)NCCN1c1cc(N)nc(N)n1. The van der Waals surface area contributed by atoms with Crippen LogP contribution in [0.4, 0.5) is 17.6 Å². The van der Waals surface area contributed by atoms with Crippen LogP contribution in [0.25, 0.3) is 0 Å². The van der Waals surface area contributed by atoms with Gasteiger partial charge in [-0.15, -0.1) is 0 Å². The summed E-state index contributed by atoms with van der Waals surface area (Å²) >= 11 is 0. The van der Waals surface area contributed by atoms with Crippen molar-refractivity contribution < 1.29 is 4.79 Å². The van der Waals surface area contributed by atoms with Crippen molar-refractivity contribution in [1.82, 2.24) is 15.3 Å². The van der Waals surface area contributed by atoms with Crippen LogP contribution in [0, 0.1) is 0 Å². The lowest BCUT2D eigenvalue weighted by molar-refractivity contribution is -0.122. The van der Waals surface area contributed by atoms with Crippen molar-refractivity contribution in [3.05, 3.63) is 6.07 Å². The lowest BCUT2D eigenvalue weighted by Crippen LogP contribution is -2.54. The number of nitrogens with one attached hydrogen (secondary N) is 1. The van der Waals surface area contributed by atoms with Crippen molar-refractivity contribution in [3.8, 4) is 0 Å². The third-order valence-electron chi connectivity index (χ3n) is 2.54. The Hall–Kier alpha value is -2.05. The minimum atomic E-state index is -0.276. The average Bonchev–Trinajstić information content (AvgIpc) is 2.20. The molecule has 2 rings (SSSR count). The molecule has 0 aromatic carbocycles. The van der Waals surface area contributed by atoms with E-state index >= 15 is 0 Å². The van der Waals surface area contributed by atoms with Crippen LogP contribution in [0.1, 0.15) is 6.92 Å². The number of piperazine rings is 1. The molecule has 1 fully saturated rings. The zero-order valence-electron chi connectivity index (χ0n) is 8.97. The Labute approximate surface area is 92.8 Å². The Kier molecular flexibility index (Phi) is 2.51. The summed E-state index contributed by atoms with van der Waals surface area (Å²) in [5, 5.41) is 2.77. The third kappa shape index (κ3) is 1.83. The highest BCUT2D eigenvalue weighted by Gasteiger charge is 2.26. The highest BCUT2D eigenvalue weighted by atomic mass is 16.2. The maximum absolute atomic E-state index is 11.5. The van der Waals surface area contributed by atoms with Crippen LogP contribution < -0.4 is 21.7 Å². The predicted molar refractivity (Wildman–Crippen MR) is 60.7 cm³/mol. The lowest BCUT2D eigenvalue weighted by Gasteiger charge is -2.33. The van der Waals surface area contributed by atoms with Crippen LogP contribution in [0.5, 0.6) is 0 Å². The molecule has 7 nitrogen and oxygen atoms in total. The number of aromatic nitrogens is 2. The summed E-state index contributed by atoms with van der Waals surface area (Å²) in [6, 6.07) is 1.34. The molecule has 7 heteroatoms. The second kappa shape index (κ2) is 3.84. The molecule has 16 heavy (non-hydrogen) atoms. The Balaban J connectivity index is 2.32. The molecule has 1 aliphatic rings. The quantitative estimate of drug-likeness (QED) is 0.560. The first-order chi connectivity index (χ1) is 7.58. The summed E-state index contributed by atoms with van der Waals surface area (Å²) < 4.78 is 0. The Morgan fingerprint density at radius 1 is 1.50 bits per heavy atom. The molecule has 0 saturated carbocycles. The van der Waals surface area contributed by atoms with Crippen molar-refractivity contribution in [1.29, 1.82) is 0 Å². The number of nitrogens with zero attached hydrogens (tertiary/aromatic N) is 3. The van der Waals surface area contributed by atoms with Gasteiger partial charge in [-0.2, -0.15) is 9.97 Å².